The number of rotatable bonds is 1. The Kier molecular flexibility index (Phi) is 5.03. The smallest absolute Gasteiger partial charge is 0.0942 e. The van der Waals surface area contributed by atoms with E-state index in [9.17, 15) is 0 Å². The first-order valence-corrected chi connectivity index (χ1v) is 4.01. The molecular weight excluding hydrogens is 131 g/mol. The van der Waals surface area contributed by atoms with E-state index < -0.39 is 0 Å². The Morgan fingerprint density at radius 3 is 2.00 bits per heavy atom. The molecule has 0 heterocycles. The second-order valence-electron chi connectivity index (χ2n) is 0.689. The van der Waals surface area contributed by atoms with Gasteiger partial charge in [-0.1, -0.05) is 21.2 Å². The highest BCUT2D eigenvalue weighted by Crippen LogP contribution is 1.78. The summed E-state index contributed by atoms with van der Waals surface area (Å²) in [6, 6.07) is 0. The molecule has 0 saturated carbocycles. The van der Waals surface area contributed by atoms with Gasteiger partial charge in [0.15, 0.2) is 0 Å². The van der Waals surface area contributed by atoms with E-state index in [2.05, 4.69) is 15.9 Å². The molecule has 0 aromatic heterocycles. The molecule has 0 bridgehead atoms. The van der Waals surface area contributed by atoms with Crippen LogP contribution in [0, 0.1) is 0 Å². The van der Waals surface area contributed by atoms with Crippen LogP contribution in [-0.2, 0) is 0 Å². The predicted octanol–water partition coefficient (Wildman–Crippen LogP) is 0.433. The maximum Gasteiger partial charge on any atom is 0.213 e. The molecule has 0 radical (unpaired) electrons. The van der Waals surface area contributed by atoms with Crippen LogP contribution < -0.4 is 0 Å². The van der Waals surface area contributed by atoms with Crippen molar-refractivity contribution in [3.05, 3.63) is 0 Å². The zero-order valence-electron chi connectivity index (χ0n) is 2.79. The minimum Gasteiger partial charge on any atom is -0.0942 e. The van der Waals surface area contributed by atoms with E-state index in [0.717, 1.165) is 0 Å². The number of hydrogen-bond donors (Lipinski definition) is 0. The zero-order valence-corrected chi connectivity index (χ0v) is 6.38. The minimum atomic E-state index is 1.19. The normalized spacial score (nSPS) is 7.25. The molecule has 0 aromatic carbocycles. The lowest BCUT2D eigenvalue weighted by Gasteiger charge is -1.64. The second-order valence-corrected chi connectivity index (χ2v) is 2.48. The highest BCUT2D eigenvalue weighted by molar-refractivity contribution is 9.09. The first-order valence-electron chi connectivity index (χ1n) is 1.47. The van der Waals surface area contributed by atoms with Crippen molar-refractivity contribution in [3.63, 3.8) is 0 Å². The third-order valence-electron chi connectivity index (χ3n) is 0.189. The molecule has 0 nitrogen and oxygen atoms in total. The average Bonchev–Trinajstić information content (AvgIpc) is 1.37. The molecule has 0 amide bonds. The zero-order chi connectivity index (χ0) is 3.41. The summed E-state index contributed by atoms with van der Waals surface area (Å²) in [4.78, 5) is 0. The molecule has 0 N–H and O–H groups in total. The second kappa shape index (κ2) is 4.01. The molecule has 0 rings (SSSR count). The lowest BCUT2D eigenvalue weighted by atomic mass is 11.0. The molecule has 0 fully saturated rings. The van der Waals surface area contributed by atoms with Crippen molar-refractivity contribution in [3.8, 4) is 0 Å². The van der Waals surface area contributed by atoms with Gasteiger partial charge in [-0.05, 0) is 5.33 Å². The topological polar surface area (TPSA) is 0 Å². The van der Waals surface area contributed by atoms with Gasteiger partial charge in [0.1, 0.15) is 0 Å². The average molecular weight is 137 g/mol. The largest absolute Gasteiger partial charge is 0.213 e. The maximum atomic E-state index is 3.28. The molecule has 0 saturated heterocycles. The van der Waals surface area contributed by atoms with Gasteiger partial charge in [-0.3, -0.25) is 0 Å². The summed E-state index contributed by atoms with van der Waals surface area (Å²) >= 11 is 4.63. The standard InChI is InChI=1S/C2H4Br.Al.2H/c1-2-3;;;/h1-2H2;;;. The van der Waals surface area contributed by atoms with E-state index in [1.54, 1.807) is 0 Å². The van der Waals surface area contributed by atoms with Crippen molar-refractivity contribution in [2.75, 3.05) is 5.33 Å². The van der Waals surface area contributed by atoms with Crippen LogP contribution in [0.15, 0.2) is 0 Å². The highest BCUT2D eigenvalue weighted by Gasteiger charge is 1.60. The minimum absolute atomic E-state index is 1.19. The Morgan fingerprint density at radius 2 is 2.00 bits per heavy atom. The fourth-order valence-corrected chi connectivity index (χ4v) is 0. The molecule has 0 unspecified atom stereocenters. The van der Waals surface area contributed by atoms with Crippen LogP contribution >= 0.6 is 15.9 Å². The monoisotopic (exact) mass is 136 g/mol. The van der Waals surface area contributed by atoms with E-state index in [1.807, 2.05) is 0 Å². The van der Waals surface area contributed by atoms with Gasteiger partial charge in [0.25, 0.3) is 0 Å². The maximum absolute atomic E-state index is 3.28. The van der Waals surface area contributed by atoms with E-state index >= 15 is 0 Å². The van der Waals surface area contributed by atoms with Crippen LogP contribution in [0.1, 0.15) is 0 Å². The first kappa shape index (κ1) is 5.01. The summed E-state index contributed by atoms with van der Waals surface area (Å²) in [5, 5.41) is 2.57. The van der Waals surface area contributed by atoms with E-state index in [4.69, 9.17) is 0 Å². The first-order chi connectivity index (χ1) is 1.91. The molecule has 0 aliphatic rings. The third kappa shape index (κ3) is 3.01. The van der Waals surface area contributed by atoms with Crippen LogP contribution in [0.2, 0.25) is 5.28 Å². The van der Waals surface area contributed by atoms with E-state index in [-0.39, 0.29) is 0 Å². The van der Waals surface area contributed by atoms with E-state index in [1.165, 1.54) is 26.9 Å². The van der Waals surface area contributed by atoms with Crippen LogP contribution in [-0.4, -0.2) is 21.6 Å². The van der Waals surface area contributed by atoms with E-state index in [0.29, 0.717) is 0 Å². The SMILES string of the molecule is [AlH2][CH2]CBr. The highest BCUT2D eigenvalue weighted by atomic mass is 79.9. The summed E-state index contributed by atoms with van der Waals surface area (Å²) in [5.41, 5.74) is 0. The third-order valence-corrected chi connectivity index (χ3v) is 2.95. The van der Waals surface area contributed by atoms with Gasteiger partial charge in [0.2, 0.25) is 16.3 Å². The van der Waals surface area contributed by atoms with Crippen molar-refractivity contribution in [1.29, 1.82) is 0 Å². The van der Waals surface area contributed by atoms with Crippen LogP contribution in [0.25, 0.3) is 0 Å². The Hall–Kier alpha value is 1.01. The molecule has 0 spiro atoms. The van der Waals surface area contributed by atoms with Crippen molar-refractivity contribution in [2.24, 2.45) is 0 Å². The van der Waals surface area contributed by atoms with Crippen molar-refractivity contribution < 1.29 is 0 Å². The fourth-order valence-electron chi connectivity index (χ4n) is 0. The van der Waals surface area contributed by atoms with Crippen molar-refractivity contribution >= 4 is 32.2 Å². The van der Waals surface area contributed by atoms with Crippen LogP contribution in [0.3, 0.4) is 0 Å². The molecule has 4 heavy (non-hydrogen) atoms. The van der Waals surface area contributed by atoms with Crippen LogP contribution in [0.5, 0.6) is 0 Å². The molecular formula is C2H6AlBr. The van der Waals surface area contributed by atoms with Gasteiger partial charge in [0, 0.05) is 0 Å². The number of hydrogen-bond acceptors (Lipinski definition) is 0. The summed E-state index contributed by atoms with van der Waals surface area (Å²) in [6.45, 7) is 0. The number of alkyl halides is 1. The summed E-state index contributed by atoms with van der Waals surface area (Å²) in [6.07, 6.45) is 0. The van der Waals surface area contributed by atoms with Gasteiger partial charge in [-0.2, -0.15) is 0 Å². The van der Waals surface area contributed by atoms with Gasteiger partial charge in [0.05, 0.1) is 0 Å². The molecule has 0 aliphatic carbocycles. The van der Waals surface area contributed by atoms with Gasteiger partial charge < -0.3 is 0 Å². The predicted molar refractivity (Wildman–Crippen MR) is 27.1 cm³/mol. The summed E-state index contributed by atoms with van der Waals surface area (Å²) in [7, 11) is 0. The molecule has 0 aromatic rings. The Labute approximate surface area is 43.1 Å². The van der Waals surface area contributed by atoms with Crippen molar-refractivity contribution in [1.82, 2.24) is 0 Å². The van der Waals surface area contributed by atoms with Crippen LogP contribution in [0.4, 0.5) is 0 Å². The van der Waals surface area contributed by atoms with Crippen molar-refractivity contribution in [2.45, 2.75) is 5.28 Å². The summed E-state index contributed by atoms with van der Waals surface area (Å²) < 4.78 is 0. The lowest BCUT2D eigenvalue weighted by Crippen LogP contribution is -1.61. The summed E-state index contributed by atoms with van der Waals surface area (Å²) in [5.74, 6) is 0. The quantitative estimate of drug-likeness (QED) is 0.363. The molecule has 2 heteroatoms. The van der Waals surface area contributed by atoms with Gasteiger partial charge in [-0.25, -0.2) is 0 Å². The molecule has 24 valence electrons. The fraction of sp³-hybridized carbons (Fsp3) is 1.00. The molecule has 0 atom stereocenters. The lowest BCUT2D eigenvalue weighted by molar-refractivity contribution is 1.53. The van der Waals surface area contributed by atoms with Gasteiger partial charge >= 0.3 is 0 Å². The molecule has 0 aliphatic heterocycles. The Morgan fingerprint density at radius 1 is 1.75 bits per heavy atom. The van der Waals surface area contributed by atoms with Gasteiger partial charge in [-0.15, -0.1) is 0 Å². The Bertz CT molecular complexity index is 8.00. The number of halogens is 1. The Balaban J connectivity index is 1.97.